The second kappa shape index (κ2) is 5.92. The fraction of sp³-hybridized carbons (Fsp3) is 0.444. The van der Waals surface area contributed by atoms with Gasteiger partial charge in [-0.2, -0.15) is 0 Å². The van der Waals surface area contributed by atoms with Crippen LogP contribution in [-0.2, 0) is 0 Å². The van der Waals surface area contributed by atoms with Crippen molar-refractivity contribution in [3.63, 3.8) is 0 Å². The Morgan fingerprint density at radius 3 is 2.67 bits per heavy atom. The fourth-order valence-electron chi connectivity index (χ4n) is 0.983. The largest absolute Gasteiger partial charge is 0.476 e. The highest BCUT2D eigenvalue weighted by atomic mass is 16.4. The Balaban J connectivity index is 2.39. The number of aromatic nitrogens is 2. The van der Waals surface area contributed by atoms with Crippen molar-refractivity contribution in [1.82, 2.24) is 9.97 Å². The molecule has 1 aromatic heterocycles. The van der Waals surface area contributed by atoms with Gasteiger partial charge in [0, 0.05) is 13.2 Å². The quantitative estimate of drug-likeness (QED) is 0.588. The van der Waals surface area contributed by atoms with Gasteiger partial charge >= 0.3 is 5.97 Å². The minimum atomic E-state index is -1.09. The third-order valence-electron chi connectivity index (χ3n) is 1.76. The molecule has 1 rings (SSSR count). The molecule has 15 heavy (non-hydrogen) atoms. The third-order valence-corrected chi connectivity index (χ3v) is 1.76. The molecule has 1 heterocycles. The van der Waals surface area contributed by atoms with E-state index < -0.39 is 5.97 Å². The molecular weight excluding hydrogens is 198 g/mol. The summed E-state index contributed by atoms with van der Waals surface area (Å²) in [5, 5.41) is 20.1. The average molecular weight is 211 g/mol. The van der Waals surface area contributed by atoms with Crippen molar-refractivity contribution < 1.29 is 15.0 Å². The molecule has 0 saturated carbocycles. The summed E-state index contributed by atoms with van der Waals surface area (Å²) in [6.45, 7) is 0.854. The van der Waals surface area contributed by atoms with Crippen molar-refractivity contribution in [3.8, 4) is 0 Å². The highest BCUT2D eigenvalue weighted by Crippen LogP contribution is 2.01. The van der Waals surface area contributed by atoms with Crippen LogP contribution < -0.4 is 5.32 Å². The van der Waals surface area contributed by atoms with E-state index in [4.69, 9.17) is 10.2 Å². The molecule has 6 nitrogen and oxygen atoms in total. The van der Waals surface area contributed by atoms with E-state index in [2.05, 4.69) is 15.3 Å². The van der Waals surface area contributed by atoms with E-state index in [1.165, 1.54) is 12.4 Å². The van der Waals surface area contributed by atoms with Crippen molar-refractivity contribution in [3.05, 3.63) is 18.1 Å². The Labute approximate surface area is 87.0 Å². The molecule has 6 heteroatoms. The number of hydrogen-bond donors (Lipinski definition) is 3. The van der Waals surface area contributed by atoms with Gasteiger partial charge in [0.15, 0.2) is 5.69 Å². The second-order valence-corrected chi connectivity index (χ2v) is 2.95. The van der Waals surface area contributed by atoms with Gasteiger partial charge in [-0.1, -0.05) is 0 Å². The lowest BCUT2D eigenvalue weighted by Gasteiger charge is -2.03. The van der Waals surface area contributed by atoms with E-state index in [0.717, 1.165) is 12.8 Å². The van der Waals surface area contributed by atoms with Crippen LogP contribution >= 0.6 is 0 Å². The van der Waals surface area contributed by atoms with Crippen molar-refractivity contribution in [2.75, 3.05) is 18.5 Å². The molecule has 0 aliphatic carbocycles. The molecule has 0 atom stereocenters. The molecule has 0 saturated heterocycles. The normalized spacial score (nSPS) is 9.93. The Morgan fingerprint density at radius 1 is 1.33 bits per heavy atom. The van der Waals surface area contributed by atoms with Crippen LogP contribution in [0, 0.1) is 0 Å². The van der Waals surface area contributed by atoms with Gasteiger partial charge in [-0.05, 0) is 12.8 Å². The van der Waals surface area contributed by atoms with Gasteiger partial charge in [0.05, 0.1) is 12.4 Å². The molecule has 0 radical (unpaired) electrons. The minimum absolute atomic E-state index is 0.0732. The van der Waals surface area contributed by atoms with E-state index in [0.29, 0.717) is 12.4 Å². The predicted octanol–water partition coefficient (Wildman–Crippen LogP) is 0.359. The molecule has 82 valence electrons. The number of nitrogens with zero attached hydrogens (tertiary/aromatic N) is 2. The highest BCUT2D eigenvalue weighted by Gasteiger charge is 2.03. The van der Waals surface area contributed by atoms with Crippen molar-refractivity contribution in [2.24, 2.45) is 0 Å². The van der Waals surface area contributed by atoms with Crippen LogP contribution in [0.25, 0.3) is 0 Å². The summed E-state index contributed by atoms with van der Waals surface area (Å²) in [6, 6.07) is 0. The number of aliphatic hydroxyl groups excluding tert-OH is 1. The molecule has 1 aromatic rings. The van der Waals surface area contributed by atoms with Gasteiger partial charge in [-0.25, -0.2) is 14.8 Å². The third kappa shape index (κ3) is 3.90. The fourth-order valence-corrected chi connectivity index (χ4v) is 0.983. The molecule has 0 spiro atoms. The lowest BCUT2D eigenvalue weighted by molar-refractivity contribution is 0.0690. The first kappa shape index (κ1) is 11.4. The summed E-state index contributed by atoms with van der Waals surface area (Å²) < 4.78 is 0. The number of rotatable bonds is 6. The maximum atomic E-state index is 10.5. The standard InChI is InChI=1S/C9H13N3O3/c13-4-2-1-3-10-8-6-11-7(5-12-8)9(14)15/h5-6,13H,1-4H2,(H,10,12)(H,14,15). The summed E-state index contributed by atoms with van der Waals surface area (Å²) in [6.07, 6.45) is 4.14. The first-order valence-electron chi connectivity index (χ1n) is 4.64. The minimum Gasteiger partial charge on any atom is -0.476 e. The molecule has 0 bridgehead atoms. The Morgan fingerprint density at radius 2 is 2.13 bits per heavy atom. The van der Waals surface area contributed by atoms with Gasteiger partial charge < -0.3 is 15.5 Å². The number of carboxylic acids is 1. The van der Waals surface area contributed by atoms with Crippen molar-refractivity contribution in [2.45, 2.75) is 12.8 Å². The zero-order chi connectivity index (χ0) is 11.1. The van der Waals surface area contributed by atoms with Gasteiger partial charge in [-0.3, -0.25) is 0 Å². The first-order valence-corrected chi connectivity index (χ1v) is 4.64. The lowest BCUT2D eigenvalue weighted by atomic mass is 10.3. The van der Waals surface area contributed by atoms with Crippen LogP contribution in [0.5, 0.6) is 0 Å². The van der Waals surface area contributed by atoms with Crippen LogP contribution in [0.1, 0.15) is 23.3 Å². The topological polar surface area (TPSA) is 95.3 Å². The smallest absolute Gasteiger partial charge is 0.356 e. The van der Waals surface area contributed by atoms with Gasteiger partial charge in [0.2, 0.25) is 0 Å². The first-order chi connectivity index (χ1) is 7.24. The number of hydrogen-bond acceptors (Lipinski definition) is 5. The van der Waals surface area contributed by atoms with Crippen LogP contribution in [0.15, 0.2) is 12.4 Å². The van der Waals surface area contributed by atoms with Crippen molar-refractivity contribution >= 4 is 11.8 Å². The van der Waals surface area contributed by atoms with E-state index in [9.17, 15) is 4.79 Å². The van der Waals surface area contributed by atoms with Crippen LogP contribution in [0.2, 0.25) is 0 Å². The maximum Gasteiger partial charge on any atom is 0.356 e. The number of carbonyl (C=O) groups is 1. The SMILES string of the molecule is O=C(O)c1cnc(NCCCCO)cn1. The summed E-state index contributed by atoms with van der Waals surface area (Å²) >= 11 is 0. The van der Waals surface area contributed by atoms with E-state index in [1.54, 1.807) is 0 Å². The monoisotopic (exact) mass is 211 g/mol. The predicted molar refractivity (Wildman–Crippen MR) is 53.8 cm³/mol. The molecule has 0 fully saturated rings. The van der Waals surface area contributed by atoms with Crippen LogP contribution in [-0.4, -0.2) is 39.3 Å². The number of anilines is 1. The Bertz CT molecular complexity index is 313. The Kier molecular flexibility index (Phi) is 4.49. The van der Waals surface area contributed by atoms with Crippen LogP contribution in [0.4, 0.5) is 5.82 Å². The molecule has 3 N–H and O–H groups in total. The number of carboxylic acid groups (broad SMARTS) is 1. The van der Waals surface area contributed by atoms with Crippen LogP contribution in [0.3, 0.4) is 0 Å². The second-order valence-electron chi connectivity index (χ2n) is 2.95. The highest BCUT2D eigenvalue weighted by molar-refractivity contribution is 5.84. The van der Waals surface area contributed by atoms with Gasteiger partial charge in [0.25, 0.3) is 0 Å². The lowest BCUT2D eigenvalue weighted by Crippen LogP contribution is -2.07. The van der Waals surface area contributed by atoms with E-state index in [-0.39, 0.29) is 12.3 Å². The zero-order valence-corrected chi connectivity index (χ0v) is 8.18. The average Bonchev–Trinajstić information content (AvgIpc) is 2.25. The summed E-state index contributed by atoms with van der Waals surface area (Å²) in [7, 11) is 0. The van der Waals surface area contributed by atoms with Gasteiger partial charge in [0.1, 0.15) is 5.82 Å². The molecule has 0 unspecified atom stereocenters. The zero-order valence-electron chi connectivity index (χ0n) is 8.18. The van der Waals surface area contributed by atoms with E-state index in [1.807, 2.05) is 0 Å². The maximum absolute atomic E-state index is 10.5. The molecule has 0 aromatic carbocycles. The Hall–Kier alpha value is -1.69. The van der Waals surface area contributed by atoms with E-state index >= 15 is 0 Å². The molecular formula is C9H13N3O3. The number of aliphatic hydroxyl groups is 1. The molecule has 0 amide bonds. The van der Waals surface area contributed by atoms with Gasteiger partial charge in [-0.15, -0.1) is 0 Å². The molecule has 0 aliphatic rings. The number of aromatic carboxylic acids is 1. The summed E-state index contributed by atoms with van der Waals surface area (Å²) in [5.41, 5.74) is -0.0732. The number of nitrogens with one attached hydrogen (secondary N) is 1. The summed E-state index contributed by atoms with van der Waals surface area (Å²) in [4.78, 5) is 18.0. The summed E-state index contributed by atoms with van der Waals surface area (Å²) in [5.74, 6) is -0.549. The molecule has 0 aliphatic heterocycles. The van der Waals surface area contributed by atoms with Crippen molar-refractivity contribution in [1.29, 1.82) is 0 Å². The number of unbranched alkanes of at least 4 members (excludes halogenated alkanes) is 1.